The zero-order valence-corrected chi connectivity index (χ0v) is 11.0. The molecule has 1 aliphatic rings. The molecule has 0 spiro atoms. The number of hydrogen-bond donors (Lipinski definition) is 1. The zero-order chi connectivity index (χ0) is 13.7. The molecule has 0 atom stereocenters. The average Bonchev–Trinajstić information content (AvgIpc) is 2.94. The van der Waals surface area contributed by atoms with Crippen molar-refractivity contribution in [3.05, 3.63) is 11.9 Å². The third-order valence-corrected chi connectivity index (χ3v) is 3.32. The molecule has 0 radical (unpaired) electrons. The van der Waals surface area contributed by atoms with Crippen LogP contribution >= 0.6 is 0 Å². The van der Waals surface area contributed by atoms with Crippen LogP contribution in [0.15, 0.2) is 6.20 Å². The molecule has 1 aromatic heterocycles. The molecule has 7 nitrogen and oxygen atoms in total. The van der Waals surface area contributed by atoms with Crippen LogP contribution in [-0.2, 0) is 0 Å². The molecule has 0 aromatic carbocycles. The van der Waals surface area contributed by atoms with Crippen molar-refractivity contribution in [1.82, 2.24) is 25.2 Å². The van der Waals surface area contributed by atoms with Crippen LogP contribution in [0.4, 0.5) is 0 Å². The number of piperidine rings is 1. The zero-order valence-electron chi connectivity index (χ0n) is 11.0. The van der Waals surface area contributed by atoms with E-state index in [-0.39, 0.29) is 5.91 Å². The van der Waals surface area contributed by atoms with Gasteiger partial charge in [-0.25, -0.2) is 4.68 Å². The number of hydrogen-bond acceptors (Lipinski definition) is 5. The van der Waals surface area contributed by atoms with Crippen molar-refractivity contribution in [3.8, 4) is 6.07 Å². The van der Waals surface area contributed by atoms with Gasteiger partial charge in [-0.3, -0.25) is 4.79 Å². The number of nitrogens with one attached hydrogen (secondary N) is 1. The van der Waals surface area contributed by atoms with Gasteiger partial charge in [0.05, 0.1) is 24.7 Å². The lowest BCUT2D eigenvalue weighted by Gasteiger charge is -2.22. The van der Waals surface area contributed by atoms with Gasteiger partial charge in [-0.2, -0.15) is 5.26 Å². The Kier molecular flexibility index (Phi) is 4.47. The Labute approximate surface area is 112 Å². The summed E-state index contributed by atoms with van der Waals surface area (Å²) in [6.07, 6.45) is 4.04. The Balaban J connectivity index is 1.99. The van der Waals surface area contributed by atoms with Gasteiger partial charge in [0.15, 0.2) is 5.69 Å². The lowest BCUT2D eigenvalue weighted by Crippen LogP contribution is -2.30. The summed E-state index contributed by atoms with van der Waals surface area (Å²) in [7, 11) is 1.67. The number of nitriles is 1. The monoisotopic (exact) mass is 262 g/mol. The average molecular weight is 262 g/mol. The minimum Gasteiger partial charge on any atom is -0.339 e. The fourth-order valence-electron chi connectivity index (χ4n) is 2.14. The van der Waals surface area contributed by atoms with Crippen molar-refractivity contribution in [1.29, 1.82) is 5.26 Å². The summed E-state index contributed by atoms with van der Waals surface area (Å²) in [6.45, 7) is 2.35. The van der Waals surface area contributed by atoms with E-state index in [1.165, 1.54) is 4.90 Å². The molecule has 102 valence electrons. The fourth-order valence-corrected chi connectivity index (χ4v) is 2.14. The summed E-state index contributed by atoms with van der Waals surface area (Å²) in [5.74, 6) is -0.185. The molecule has 2 rings (SSSR count). The summed E-state index contributed by atoms with van der Waals surface area (Å²) in [5.41, 5.74) is 0.346. The standard InChI is InChI=1S/C12H18N6O/c1-17(8-2-5-13)12(19)11-9-18(16-15-11)10-3-6-14-7-4-10/h9-10,14H,2-4,6-8H2,1H3. The van der Waals surface area contributed by atoms with Gasteiger partial charge in [0, 0.05) is 13.6 Å². The van der Waals surface area contributed by atoms with Gasteiger partial charge >= 0.3 is 0 Å². The van der Waals surface area contributed by atoms with Crippen molar-refractivity contribution in [2.75, 3.05) is 26.7 Å². The van der Waals surface area contributed by atoms with Gasteiger partial charge < -0.3 is 10.2 Å². The van der Waals surface area contributed by atoms with E-state index < -0.39 is 0 Å². The van der Waals surface area contributed by atoms with E-state index in [1.54, 1.807) is 17.9 Å². The van der Waals surface area contributed by atoms with Crippen molar-refractivity contribution < 1.29 is 4.79 Å². The molecule has 1 aliphatic heterocycles. The van der Waals surface area contributed by atoms with Crippen LogP contribution in [0.1, 0.15) is 35.8 Å². The molecule has 19 heavy (non-hydrogen) atoms. The smallest absolute Gasteiger partial charge is 0.275 e. The highest BCUT2D eigenvalue weighted by molar-refractivity contribution is 5.91. The molecular formula is C12H18N6O. The molecule has 0 aliphatic carbocycles. The van der Waals surface area contributed by atoms with E-state index in [0.717, 1.165) is 25.9 Å². The maximum atomic E-state index is 12.0. The quantitative estimate of drug-likeness (QED) is 0.837. The van der Waals surface area contributed by atoms with Crippen LogP contribution in [0.2, 0.25) is 0 Å². The van der Waals surface area contributed by atoms with Gasteiger partial charge in [0.2, 0.25) is 0 Å². The Hall–Kier alpha value is -1.94. The highest BCUT2D eigenvalue weighted by Gasteiger charge is 2.20. The van der Waals surface area contributed by atoms with Crippen LogP contribution in [0.25, 0.3) is 0 Å². The van der Waals surface area contributed by atoms with E-state index in [1.807, 2.05) is 6.07 Å². The van der Waals surface area contributed by atoms with E-state index in [2.05, 4.69) is 15.6 Å². The van der Waals surface area contributed by atoms with Crippen LogP contribution in [0.5, 0.6) is 0 Å². The largest absolute Gasteiger partial charge is 0.339 e. The Morgan fingerprint density at radius 3 is 3.05 bits per heavy atom. The topological polar surface area (TPSA) is 86.8 Å². The van der Waals surface area contributed by atoms with E-state index in [4.69, 9.17) is 5.26 Å². The van der Waals surface area contributed by atoms with Crippen LogP contribution in [-0.4, -0.2) is 52.5 Å². The molecule has 1 amide bonds. The van der Waals surface area contributed by atoms with E-state index in [9.17, 15) is 4.79 Å². The first kappa shape index (κ1) is 13.5. The van der Waals surface area contributed by atoms with E-state index in [0.29, 0.717) is 24.7 Å². The van der Waals surface area contributed by atoms with Gasteiger partial charge in [0.1, 0.15) is 0 Å². The predicted molar refractivity (Wildman–Crippen MR) is 68.4 cm³/mol. The van der Waals surface area contributed by atoms with Crippen molar-refractivity contribution in [3.63, 3.8) is 0 Å². The highest BCUT2D eigenvalue weighted by Crippen LogP contribution is 2.17. The molecular weight excluding hydrogens is 244 g/mol. The predicted octanol–water partition coefficient (Wildman–Crippen LogP) is 0.188. The summed E-state index contributed by atoms with van der Waals surface area (Å²) in [5, 5.41) is 19.8. The summed E-state index contributed by atoms with van der Waals surface area (Å²) >= 11 is 0. The summed E-state index contributed by atoms with van der Waals surface area (Å²) in [6, 6.07) is 2.34. The number of aromatic nitrogens is 3. The first-order valence-electron chi connectivity index (χ1n) is 6.47. The highest BCUT2D eigenvalue weighted by atomic mass is 16.2. The SMILES string of the molecule is CN(CCC#N)C(=O)c1cn(C2CCNCC2)nn1. The van der Waals surface area contributed by atoms with Gasteiger partial charge in [0.25, 0.3) is 5.91 Å². The first-order valence-corrected chi connectivity index (χ1v) is 6.47. The third-order valence-electron chi connectivity index (χ3n) is 3.32. The molecule has 1 saturated heterocycles. The second kappa shape index (κ2) is 6.29. The van der Waals surface area contributed by atoms with Crippen molar-refractivity contribution >= 4 is 5.91 Å². The second-order valence-electron chi connectivity index (χ2n) is 4.70. The molecule has 0 unspecified atom stereocenters. The molecule has 7 heteroatoms. The Bertz CT molecular complexity index is 471. The molecule has 2 heterocycles. The van der Waals surface area contributed by atoms with Gasteiger partial charge in [-0.05, 0) is 25.9 Å². The summed E-state index contributed by atoms with van der Waals surface area (Å²) < 4.78 is 1.78. The summed E-state index contributed by atoms with van der Waals surface area (Å²) in [4.78, 5) is 13.5. The second-order valence-corrected chi connectivity index (χ2v) is 4.70. The maximum absolute atomic E-state index is 12.0. The first-order chi connectivity index (χ1) is 9.22. The number of carbonyl (C=O) groups is 1. The van der Waals surface area contributed by atoms with Crippen LogP contribution in [0.3, 0.4) is 0 Å². The molecule has 0 bridgehead atoms. The number of amides is 1. The van der Waals surface area contributed by atoms with Gasteiger partial charge in [-0.1, -0.05) is 5.21 Å². The van der Waals surface area contributed by atoms with Crippen molar-refractivity contribution in [2.45, 2.75) is 25.3 Å². The number of nitrogens with zero attached hydrogens (tertiary/aromatic N) is 5. The Morgan fingerprint density at radius 1 is 1.63 bits per heavy atom. The van der Waals surface area contributed by atoms with Crippen molar-refractivity contribution in [2.24, 2.45) is 0 Å². The Morgan fingerprint density at radius 2 is 2.37 bits per heavy atom. The minimum absolute atomic E-state index is 0.185. The minimum atomic E-state index is -0.185. The molecule has 1 fully saturated rings. The third kappa shape index (κ3) is 3.29. The lowest BCUT2D eigenvalue weighted by atomic mass is 10.1. The lowest BCUT2D eigenvalue weighted by molar-refractivity contribution is 0.0792. The van der Waals surface area contributed by atoms with Crippen LogP contribution in [0, 0.1) is 11.3 Å². The molecule has 1 N–H and O–H groups in total. The van der Waals surface area contributed by atoms with Gasteiger partial charge in [-0.15, -0.1) is 5.10 Å². The maximum Gasteiger partial charge on any atom is 0.275 e. The normalized spacial score (nSPS) is 16.0. The van der Waals surface area contributed by atoms with Crippen LogP contribution < -0.4 is 5.32 Å². The fraction of sp³-hybridized carbons (Fsp3) is 0.667. The molecule has 1 aromatic rings. The van der Waals surface area contributed by atoms with E-state index >= 15 is 0 Å². The molecule has 0 saturated carbocycles. The number of carbonyl (C=O) groups excluding carboxylic acids is 1. The number of rotatable bonds is 4.